The Balaban J connectivity index is 1.86. The van der Waals surface area contributed by atoms with E-state index in [-0.39, 0.29) is 16.3 Å². The Kier molecular flexibility index (Phi) is 7.45. The molecular formula is C24H23FN4O5S. The zero-order valence-electron chi connectivity index (χ0n) is 19.6. The van der Waals surface area contributed by atoms with Crippen molar-refractivity contribution in [1.82, 2.24) is 10.1 Å². The number of fused-ring (bicyclic) bond motifs is 1. The number of hydrogen-bond donors (Lipinski definition) is 0. The van der Waals surface area contributed by atoms with E-state index in [1.165, 1.54) is 20.3 Å². The van der Waals surface area contributed by atoms with Gasteiger partial charge in [0, 0.05) is 23.6 Å². The number of nitrogens with zero attached hydrogens (tertiary/aromatic N) is 4. The molecule has 9 nitrogen and oxygen atoms in total. The summed E-state index contributed by atoms with van der Waals surface area (Å²) >= 11 is 1.15. The highest BCUT2D eigenvalue weighted by molar-refractivity contribution is 8.15. The van der Waals surface area contributed by atoms with E-state index in [0.717, 1.165) is 17.3 Å². The van der Waals surface area contributed by atoms with Crippen molar-refractivity contribution in [1.29, 1.82) is 0 Å². The van der Waals surface area contributed by atoms with Crippen LogP contribution in [0.15, 0.2) is 44.8 Å². The fourth-order valence-electron chi connectivity index (χ4n) is 3.58. The van der Waals surface area contributed by atoms with E-state index in [1.807, 2.05) is 0 Å². The average molecular weight is 499 g/mol. The van der Waals surface area contributed by atoms with Crippen molar-refractivity contribution in [2.75, 3.05) is 27.1 Å². The smallest absolute Gasteiger partial charge is 0.434 e. The third-order valence-electron chi connectivity index (χ3n) is 5.22. The number of aromatic nitrogens is 2. The van der Waals surface area contributed by atoms with Crippen LogP contribution in [0.1, 0.15) is 23.4 Å². The lowest BCUT2D eigenvalue weighted by Gasteiger charge is -2.22. The van der Waals surface area contributed by atoms with Gasteiger partial charge in [-0.1, -0.05) is 5.16 Å². The minimum Gasteiger partial charge on any atom is -0.493 e. The van der Waals surface area contributed by atoms with Gasteiger partial charge in [0.25, 0.3) is 0 Å². The fraction of sp³-hybridized carbons (Fsp3) is 0.292. The molecule has 0 saturated carbocycles. The van der Waals surface area contributed by atoms with Crippen molar-refractivity contribution in [3.05, 3.63) is 53.2 Å². The number of benzene rings is 2. The van der Waals surface area contributed by atoms with E-state index in [4.69, 9.17) is 18.7 Å². The summed E-state index contributed by atoms with van der Waals surface area (Å²) in [5, 5.41) is 4.10. The molecule has 182 valence electrons. The van der Waals surface area contributed by atoms with Crippen LogP contribution in [0, 0.1) is 12.7 Å². The number of thioether (sulfide) groups is 1. The van der Waals surface area contributed by atoms with Gasteiger partial charge in [0.15, 0.2) is 11.5 Å². The summed E-state index contributed by atoms with van der Waals surface area (Å²) in [6.45, 7) is 2.19. The number of methoxy groups -OCH3 is 2. The Labute approximate surface area is 205 Å². The molecule has 0 saturated heterocycles. The minimum atomic E-state index is -0.821. The van der Waals surface area contributed by atoms with Gasteiger partial charge in [0.1, 0.15) is 16.6 Å². The average Bonchev–Trinajstić information content (AvgIpc) is 3.33. The van der Waals surface area contributed by atoms with Crippen LogP contribution in [0.5, 0.6) is 11.5 Å². The van der Waals surface area contributed by atoms with Crippen LogP contribution < -0.4 is 9.47 Å². The van der Waals surface area contributed by atoms with Crippen LogP contribution in [-0.2, 0) is 11.2 Å². The third-order valence-corrected chi connectivity index (χ3v) is 5.90. The molecule has 0 spiro atoms. The molecular weight excluding hydrogens is 475 g/mol. The summed E-state index contributed by atoms with van der Waals surface area (Å²) in [4.78, 5) is 24.8. The predicted octanol–water partition coefficient (Wildman–Crippen LogP) is 5.17. The summed E-state index contributed by atoms with van der Waals surface area (Å²) in [6, 6.07) is 8.52. The van der Waals surface area contributed by atoms with Gasteiger partial charge in [-0.3, -0.25) is 0 Å². The molecule has 0 radical (unpaired) electrons. The molecule has 0 N–H and O–H groups in total. The first-order chi connectivity index (χ1) is 16.9. The predicted molar refractivity (Wildman–Crippen MR) is 131 cm³/mol. The highest BCUT2D eigenvalue weighted by Crippen LogP contribution is 2.39. The first-order valence-corrected chi connectivity index (χ1v) is 11.9. The standard InChI is InChI=1S/C24H23FN4O5S/c1-13-26-22(29-34-13)14-7-9-15(10-8-14)27-20(23(35-4)28-24(30)32-3)17-12-18(31-2)21-16(19(17)25)6-5-11-33-21/h7-10,12H,5-6,11H2,1-4H3/b27-20-,28-23-. The fourth-order valence-corrected chi connectivity index (χ4v) is 4.09. The molecule has 0 aliphatic carbocycles. The number of carbonyl (C=O) groups is 1. The molecule has 1 aliphatic rings. The SMILES string of the molecule is COC(=O)/N=C(SC)/C(=N\c1ccc(-c2noc(C)n2)cc1)c1cc(OC)c2c(c1F)CCCO2. The van der Waals surface area contributed by atoms with E-state index in [0.29, 0.717) is 53.9 Å². The van der Waals surface area contributed by atoms with E-state index in [9.17, 15) is 4.79 Å². The van der Waals surface area contributed by atoms with Crippen molar-refractivity contribution in [3.8, 4) is 22.9 Å². The van der Waals surface area contributed by atoms with Gasteiger partial charge in [-0.25, -0.2) is 14.2 Å². The van der Waals surface area contributed by atoms with Crippen molar-refractivity contribution in [2.45, 2.75) is 19.8 Å². The van der Waals surface area contributed by atoms with Crippen LogP contribution in [0.3, 0.4) is 0 Å². The Morgan fingerprint density at radius 3 is 2.63 bits per heavy atom. The Hall–Kier alpha value is -3.73. The lowest BCUT2D eigenvalue weighted by molar-refractivity contribution is 0.183. The number of carbonyl (C=O) groups excluding carboxylic acids is 1. The normalized spacial score (nSPS) is 13.7. The highest BCUT2D eigenvalue weighted by atomic mass is 32.2. The van der Waals surface area contributed by atoms with E-state index in [2.05, 4.69) is 20.1 Å². The molecule has 0 unspecified atom stereocenters. The molecule has 4 rings (SSSR count). The minimum absolute atomic E-state index is 0.140. The largest absolute Gasteiger partial charge is 0.493 e. The molecule has 1 aromatic heterocycles. The first kappa shape index (κ1) is 24.4. The quantitative estimate of drug-likeness (QED) is 0.350. The number of amides is 1. The molecule has 0 fully saturated rings. The van der Waals surface area contributed by atoms with E-state index in [1.54, 1.807) is 37.4 Å². The van der Waals surface area contributed by atoms with Crippen molar-refractivity contribution >= 4 is 34.3 Å². The van der Waals surface area contributed by atoms with Gasteiger partial charge in [0.2, 0.25) is 11.7 Å². The molecule has 35 heavy (non-hydrogen) atoms. The molecule has 3 aromatic rings. The zero-order chi connectivity index (χ0) is 24.9. The Bertz CT molecular complexity index is 1300. The molecule has 1 amide bonds. The maximum Gasteiger partial charge on any atom is 0.434 e. The Morgan fingerprint density at radius 1 is 1.23 bits per heavy atom. The maximum absolute atomic E-state index is 15.8. The second kappa shape index (κ2) is 10.7. The van der Waals surface area contributed by atoms with Crippen LogP contribution in [0.2, 0.25) is 0 Å². The lowest BCUT2D eigenvalue weighted by Crippen LogP contribution is -2.19. The summed E-state index contributed by atoms with van der Waals surface area (Å²) in [5.41, 5.74) is 1.94. The lowest BCUT2D eigenvalue weighted by atomic mass is 9.98. The maximum atomic E-state index is 15.8. The molecule has 0 bridgehead atoms. The van der Waals surface area contributed by atoms with Crippen LogP contribution >= 0.6 is 11.8 Å². The van der Waals surface area contributed by atoms with Crippen molar-refractivity contribution in [3.63, 3.8) is 0 Å². The number of aryl methyl sites for hydroxylation is 1. The first-order valence-electron chi connectivity index (χ1n) is 10.7. The summed E-state index contributed by atoms with van der Waals surface area (Å²) in [6.07, 6.45) is 2.06. The number of aliphatic imine (C=N–C) groups is 2. The van der Waals surface area contributed by atoms with Crippen LogP contribution in [0.25, 0.3) is 11.4 Å². The number of ether oxygens (including phenoxy) is 3. The second-order valence-corrected chi connectivity index (χ2v) is 8.23. The number of hydrogen-bond acceptors (Lipinski definition) is 9. The summed E-state index contributed by atoms with van der Waals surface area (Å²) in [5.74, 6) is 1.17. The third kappa shape index (κ3) is 5.19. The zero-order valence-corrected chi connectivity index (χ0v) is 20.4. The monoisotopic (exact) mass is 498 g/mol. The number of rotatable bonds is 5. The van der Waals surface area contributed by atoms with Crippen LogP contribution in [0.4, 0.5) is 14.9 Å². The van der Waals surface area contributed by atoms with Gasteiger partial charge in [-0.05, 0) is 49.4 Å². The molecule has 1 aliphatic heterocycles. The number of halogens is 1. The Morgan fingerprint density at radius 2 is 2.00 bits per heavy atom. The molecule has 2 aromatic carbocycles. The summed E-state index contributed by atoms with van der Waals surface area (Å²) < 4.78 is 36.7. The van der Waals surface area contributed by atoms with E-state index < -0.39 is 11.9 Å². The highest BCUT2D eigenvalue weighted by Gasteiger charge is 2.27. The van der Waals surface area contributed by atoms with Gasteiger partial charge >= 0.3 is 6.09 Å². The van der Waals surface area contributed by atoms with Crippen LogP contribution in [-0.4, -0.2) is 54.1 Å². The topological polar surface area (TPSA) is 108 Å². The van der Waals surface area contributed by atoms with Gasteiger partial charge < -0.3 is 18.7 Å². The molecule has 2 heterocycles. The van der Waals surface area contributed by atoms with Crippen molar-refractivity contribution in [2.24, 2.45) is 9.98 Å². The summed E-state index contributed by atoms with van der Waals surface area (Å²) in [7, 11) is 2.71. The molecule has 11 heteroatoms. The van der Waals surface area contributed by atoms with E-state index >= 15 is 4.39 Å². The van der Waals surface area contributed by atoms with Gasteiger partial charge in [0.05, 0.1) is 26.5 Å². The molecule has 0 atom stereocenters. The van der Waals surface area contributed by atoms with Gasteiger partial charge in [-0.2, -0.15) is 9.98 Å². The van der Waals surface area contributed by atoms with Crippen molar-refractivity contribution < 1.29 is 27.9 Å². The van der Waals surface area contributed by atoms with Gasteiger partial charge in [-0.15, -0.1) is 11.8 Å². The second-order valence-electron chi connectivity index (χ2n) is 7.44.